The van der Waals surface area contributed by atoms with Gasteiger partial charge in [-0.3, -0.25) is 9.36 Å². The highest BCUT2D eigenvalue weighted by molar-refractivity contribution is 5.70. The molecule has 0 bridgehead atoms. The van der Waals surface area contributed by atoms with E-state index in [1.807, 2.05) is 45.5 Å². The van der Waals surface area contributed by atoms with Crippen LogP contribution in [0.5, 0.6) is 0 Å². The Hall–Kier alpha value is -3.76. The molecule has 4 aromatic rings. The fourth-order valence-electron chi connectivity index (χ4n) is 5.17. The van der Waals surface area contributed by atoms with Crippen molar-refractivity contribution in [3.05, 3.63) is 87.6 Å². The van der Waals surface area contributed by atoms with Crippen LogP contribution >= 0.6 is 0 Å². The van der Waals surface area contributed by atoms with E-state index in [9.17, 15) is 10.1 Å². The van der Waals surface area contributed by atoms with Crippen molar-refractivity contribution in [1.82, 2.24) is 19.2 Å². The number of rotatable bonds is 8. The molecule has 0 spiro atoms. The van der Waals surface area contributed by atoms with Gasteiger partial charge in [0, 0.05) is 31.2 Å². The molecule has 1 saturated heterocycles. The fraction of sp³-hybridized carbons (Fsp3) is 0.379. The monoisotopic (exact) mass is 481 g/mol. The Bertz CT molecular complexity index is 1440. The van der Waals surface area contributed by atoms with Crippen LogP contribution in [0.2, 0.25) is 0 Å². The molecule has 0 unspecified atom stereocenters. The average molecular weight is 482 g/mol. The van der Waals surface area contributed by atoms with Gasteiger partial charge in [0.05, 0.1) is 17.3 Å². The Kier molecular flexibility index (Phi) is 7.24. The van der Waals surface area contributed by atoms with Crippen LogP contribution in [-0.4, -0.2) is 32.4 Å². The molecular weight excluding hydrogens is 450 g/mol. The lowest BCUT2D eigenvalue weighted by molar-refractivity contribution is 0.0693. The highest BCUT2D eigenvalue weighted by Gasteiger charge is 2.25. The van der Waals surface area contributed by atoms with Crippen LogP contribution < -0.4 is 5.56 Å². The summed E-state index contributed by atoms with van der Waals surface area (Å²) in [5, 5.41) is 14.0. The zero-order valence-corrected chi connectivity index (χ0v) is 20.7. The fourth-order valence-corrected chi connectivity index (χ4v) is 5.17. The summed E-state index contributed by atoms with van der Waals surface area (Å²) in [6.07, 6.45) is 7.68. The van der Waals surface area contributed by atoms with Gasteiger partial charge in [0.25, 0.3) is 5.56 Å². The maximum absolute atomic E-state index is 14.0. The first-order chi connectivity index (χ1) is 17.7. The lowest BCUT2D eigenvalue weighted by Gasteiger charge is -2.26. The molecule has 0 atom stereocenters. The molecule has 3 heterocycles. The molecule has 7 heteroatoms. The third kappa shape index (κ3) is 4.69. The minimum atomic E-state index is 0.0350. The average Bonchev–Trinajstić information content (AvgIpc) is 3.40. The van der Waals surface area contributed by atoms with Crippen molar-refractivity contribution in [2.75, 3.05) is 13.2 Å². The van der Waals surface area contributed by atoms with Gasteiger partial charge < -0.3 is 4.74 Å². The van der Waals surface area contributed by atoms with Gasteiger partial charge in [-0.15, -0.1) is 0 Å². The zero-order valence-electron chi connectivity index (χ0n) is 20.7. The van der Waals surface area contributed by atoms with Crippen molar-refractivity contribution in [3.8, 4) is 17.2 Å². The van der Waals surface area contributed by atoms with E-state index in [1.165, 1.54) is 0 Å². The number of aromatic nitrogens is 4. The maximum Gasteiger partial charge on any atom is 0.259 e. The molecule has 0 amide bonds. The predicted octanol–water partition coefficient (Wildman–Crippen LogP) is 5.10. The molecule has 0 aliphatic carbocycles. The summed E-state index contributed by atoms with van der Waals surface area (Å²) < 4.78 is 9.30. The first-order valence-corrected chi connectivity index (χ1v) is 12.8. The quantitative estimate of drug-likeness (QED) is 0.327. The van der Waals surface area contributed by atoms with E-state index in [-0.39, 0.29) is 11.6 Å². The number of ether oxygens (including phenoxy) is 1. The summed E-state index contributed by atoms with van der Waals surface area (Å²) in [5.41, 5.74) is 5.40. The largest absolute Gasteiger partial charge is 0.381 e. The number of benzene rings is 2. The molecule has 184 valence electrons. The SMILES string of the molecule is CCCCCc1c(Cc2ccc(-c3ccccc3C#N)cc2)c(=O)n(C2CCOCC2)c2ncnn12. The van der Waals surface area contributed by atoms with Crippen molar-refractivity contribution in [3.63, 3.8) is 0 Å². The highest BCUT2D eigenvalue weighted by atomic mass is 16.5. The van der Waals surface area contributed by atoms with E-state index in [2.05, 4.69) is 35.2 Å². The van der Waals surface area contributed by atoms with Crippen molar-refractivity contribution in [2.45, 2.75) is 57.9 Å². The smallest absolute Gasteiger partial charge is 0.259 e. The van der Waals surface area contributed by atoms with Gasteiger partial charge in [-0.2, -0.15) is 15.3 Å². The number of nitriles is 1. The van der Waals surface area contributed by atoms with Crippen LogP contribution in [0.3, 0.4) is 0 Å². The second-order valence-electron chi connectivity index (χ2n) is 9.40. The third-order valence-electron chi connectivity index (χ3n) is 7.09. The Morgan fingerprint density at radius 1 is 1.08 bits per heavy atom. The molecule has 1 aliphatic heterocycles. The van der Waals surface area contributed by atoms with E-state index in [0.717, 1.165) is 66.5 Å². The summed E-state index contributed by atoms with van der Waals surface area (Å²) in [4.78, 5) is 18.5. The summed E-state index contributed by atoms with van der Waals surface area (Å²) in [5.74, 6) is 0.630. The van der Waals surface area contributed by atoms with E-state index in [0.29, 0.717) is 31.0 Å². The maximum atomic E-state index is 14.0. The summed E-state index contributed by atoms with van der Waals surface area (Å²) in [6.45, 7) is 3.48. The highest BCUT2D eigenvalue weighted by Crippen LogP contribution is 2.26. The number of aryl methyl sites for hydroxylation is 1. The Labute approximate surface area is 211 Å². The van der Waals surface area contributed by atoms with Crippen LogP contribution in [0.1, 0.15) is 67.5 Å². The number of unbranched alkanes of at least 4 members (excludes halogenated alkanes) is 2. The lowest BCUT2D eigenvalue weighted by Crippen LogP contribution is -2.34. The number of hydrogen-bond donors (Lipinski definition) is 0. The Morgan fingerprint density at radius 2 is 1.86 bits per heavy atom. The Balaban J connectivity index is 1.56. The van der Waals surface area contributed by atoms with Gasteiger partial charge in [-0.1, -0.05) is 62.2 Å². The van der Waals surface area contributed by atoms with Crippen LogP contribution in [0.25, 0.3) is 16.9 Å². The number of nitrogens with zero attached hydrogens (tertiary/aromatic N) is 5. The van der Waals surface area contributed by atoms with Gasteiger partial charge in [0.1, 0.15) is 6.33 Å². The van der Waals surface area contributed by atoms with Crippen molar-refractivity contribution < 1.29 is 4.74 Å². The van der Waals surface area contributed by atoms with Crippen LogP contribution in [0, 0.1) is 11.3 Å². The van der Waals surface area contributed by atoms with E-state index < -0.39 is 0 Å². The van der Waals surface area contributed by atoms with Crippen molar-refractivity contribution in [1.29, 1.82) is 5.26 Å². The molecule has 0 N–H and O–H groups in total. The lowest BCUT2D eigenvalue weighted by atomic mass is 9.96. The summed E-state index contributed by atoms with van der Waals surface area (Å²) in [6, 6.07) is 18.1. The van der Waals surface area contributed by atoms with Gasteiger partial charge in [-0.25, -0.2) is 4.52 Å². The van der Waals surface area contributed by atoms with Gasteiger partial charge in [0.2, 0.25) is 5.78 Å². The number of hydrogen-bond acceptors (Lipinski definition) is 5. The standard InChI is InChI=1S/C29H31N5O2/c1-2-3-4-9-27-26(18-21-10-12-22(13-11-21)25-8-6-5-7-23(25)19-30)28(35)33(24-14-16-36-17-15-24)29-31-20-32-34(27)29/h5-8,10-13,20,24H,2-4,9,14-18H2,1H3. The van der Waals surface area contributed by atoms with Crippen molar-refractivity contribution >= 4 is 5.78 Å². The van der Waals surface area contributed by atoms with Crippen LogP contribution in [0.4, 0.5) is 0 Å². The predicted molar refractivity (Wildman–Crippen MR) is 139 cm³/mol. The topological polar surface area (TPSA) is 85.2 Å². The Morgan fingerprint density at radius 3 is 2.61 bits per heavy atom. The van der Waals surface area contributed by atoms with E-state index in [4.69, 9.17) is 4.74 Å². The van der Waals surface area contributed by atoms with Crippen LogP contribution in [-0.2, 0) is 17.6 Å². The summed E-state index contributed by atoms with van der Waals surface area (Å²) in [7, 11) is 0. The molecule has 0 radical (unpaired) electrons. The minimum absolute atomic E-state index is 0.0350. The second kappa shape index (κ2) is 10.9. The second-order valence-corrected chi connectivity index (χ2v) is 9.40. The molecule has 0 saturated carbocycles. The van der Waals surface area contributed by atoms with E-state index in [1.54, 1.807) is 6.33 Å². The van der Waals surface area contributed by atoms with Crippen LogP contribution in [0.15, 0.2) is 59.7 Å². The first-order valence-electron chi connectivity index (χ1n) is 12.8. The molecule has 2 aromatic carbocycles. The number of fused-ring (bicyclic) bond motifs is 1. The minimum Gasteiger partial charge on any atom is -0.381 e. The molecule has 1 fully saturated rings. The van der Waals surface area contributed by atoms with Gasteiger partial charge in [0.15, 0.2) is 0 Å². The molecule has 1 aliphatic rings. The first kappa shape index (κ1) is 24.0. The van der Waals surface area contributed by atoms with Crippen molar-refractivity contribution in [2.24, 2.45) is 0 Å². The summed E-state index contributed by atoms with van der Waals surface area (Å²) >= 11 is 0. The van der Waals surface area contributed by atoms with Gasteiger partial charge in [-0.05, 0) is 48.4 Å². The molecule has 7 nitrogen and oxygen atoms in total. The zero-order chi connectivity index (χ0) is 24.9. The molecular formula is C29H31N5O2. The van der Waals surface area contributed by atoms with E-state index >= 15 is 0 Å². The molecule has 5 rings (SSSR count). The third-order valence-corrected chi connectivity index (χ3v) is 7.09. The van der Waals surface area contributed by atoms with Gasteiger partial charge >= 0.3 is 0 Å². The molecule has 36 heavy (non-hydrogen) atoms. The normalized spacial score (nSPS) is 14.2. The molecule has 2 aromatic heterocycles.